The Morgan fingerprint density at radius 2 is 1.93 bits per heavy atom. The number of hydrogen-bond donors (Lipinski definition) is 2. The lowest BCUT2D eigenvalue weighted by atomic mass is 10.1. The van der Waals surface area contributed by atoms with Crippen molar-refractivity contribution in [1.29, 1.82) is 0 Å². The Morgan fingerprint density at radius 3 is 2.36 bits per heavy atom. The van der Waals surface area contributed by atoms with E-state index in [2.05, 4.69) is 0 Å². The summed E-state index contributed by atoms with van der Waals surface area (Å²) in [5.74, 6) is -0.818. The SMILES string of the molecule is N[PH](=O)c1ccc(CCC(=O)O)cc1. The highest BCUT2D eigenvalue weighted by molar-refractivity contribution is 7.50. The zero-order valence-electron chi connectivity index (χ0n) is 7.56. The van der Waals surface area contributed by atoms with Crippen molar-refractivity contribution >= 4 is 19.2 Å². The van der Waals surface area contributed by atoms with Crippen LogP contribution >= 0.6 is 7.95 Å². The van der Waals surface area contributed by atoms with Crippen LogP contribution in [0.4, 0.5) is 0 Å². The van der Waals surface area contributed by atoms with E-state index in [1.165, 1.54) is 0 Å². The van der Waals surface area contributed by atoms with Crippen molar-refractivity contribution in [3.8, 4) is 0 Å². The predicted molar refractivity (Wildman–Crippen MR) is 55.2 cm³/mol. The largest absolute Gasteiger partial charge is 0.481 e. The molecular weight excluding hydrogens is 201 g/mol. The summed E-state index contributed by atoms with van der Waals surface area (Å²) in [7, 11) is -2.13. The zero-order valence-corrected chi connectivity index (χ0v) is 8.56. The van der Waals surface area contributed by atoms with E-state index in [1.807, 2.05) is 0 Å². The van der Waals surface area contributed by atoms with Gasteiger partial charge in [-0.3, -0.25) is 10.3 Å². The summed E-state index contributed by atoms with van der Waals surface area (Å²) < 4.78 is 10.9. The van der Waals surface area contributed by atoms with Crippen LogP contribution in [0.2, 0.25) is 0 Å². The van der Waals surface area contributed by atoms with Gasteiger partial charge in [-0.25, -0.2) is 0 Å². The second-order valence-corrected chi connectivity index (χ2v) is 4.26. The van der Waals surface area contributed by atoms with E-state index >= 15 is 0 Å². The predicted octanol–water partition coefficient (Wildman–Crippen LogP) is 0.763. The van der Waals surface area contributed by atoms with Crippen molar-refractivity contribution in [2.45, 2.75) is 12.8 Å². The van der Waals surface area contributed by atoms with E-state index in [0.717, 1.165) is 5.56 Å². The molecule has 0 aliphatic carbocycles. The Balaban J connectivity index is 2.64. The Morgan fingerprint density at radius 1 is 1.36 bits per heavy atom. The molecule has 0 saturated heterocycles. The molecule has 0 bridgehead atoms. The highest BCUT2D eigenvalue weighted by atomic mass is 31.1. The molecule has 1 rings (SSSR count). The molecule has 14 heavy (non-hydrogen) atoms. The highest BCUT2D eigenvalue weighted by Gasteiger charge is 2.00. The van der Waals surface area contributed by atoms with Crippen LogP contribution in [-0.2, 0) is 15.8 Å². The summed E-state index contributed by atoms with van der Waals surface area (Å²) in [6, 6.07) is 6.87. The maximum atomic E-state index is 10.9. The Kier molecular flexibility index (Phi) is 3.86. The number of benzene rings is 1. The van der Waals surface area contributed by atoms with Gasteiger partial charge in [-0.05, 0) is 12.0 Å². The standard InChI is InChI=1S/C9H12NO3P/c10-14(13)8-4-1-7(2-5-8)3-6-9(11)12/h1-2,4-5,14H,3,6H2,(H2,10,13)(H,11,12). The molecule has 0 heterocycles. The molecule has 0 fully saturated rings. The van der Waals surface area contributed by atoms with Gasteiger partial charge in [-0.1, -0.05) is 24.3 Å². The first-order chi connectivity index (χ1) is 6.59. The van der Waals surface area contributed by atoms with Gasteiger partial charge >= 0.3 is 5.97 Å². The minimum absolute atomic E-state index is 0.108. The molecule has 0 aromatic heterocycles. The molecule has 1 aromatic rings. The molecule has 0 spiro atoms. The average Bonchev–Trinajstić information content (AvgIpc) is 2.15. The van der Waals surface area contributed by atoms with Crippen LogP contribution in [-0.4, -0.2) is 11.1 Å². The maximum absolute atomic E-state index is 10.9. The molecule has 1 aromatic carbocycles. The third kappa shape index (κ3) is 3.32. The fourth-order valence-corrected chi connectivity index (χ4v) is 1.58. The van der Waals surface area contributed by atoms with Crippen molar-refractivity contribution in [2.75, 3.05) is 0 Å². The monoisotopic (exact) mass is 213 g/mol. The molecule has 0 saturated carbocycles. The van der Waals surface area contributed by atoms with E-state index in [1.54, 1.807) is 24.3 Å². The minimum Gasteiger partial charge on any atom is -0.481 e. The molecule has 3 N–H and O–H groups in total. The van der Waals surface area contributed by atoms with E-state index in [-0.39, 0.29) is 6.42 Å². The second-order valence-electron chi connectivity index (χ2n) is 2.95. The number of hydrogen-bond acceptors (Lipinski definition) is 2. The molecule has 76 valence electrons. The van der Waals surface area contributed by atoms with E-state index < -0.39 is 13.9 Å². The Bertz CT molecular complexity index is 348. The summed E-state index contributed by atoms with van der Waals surface area (Å²) in [5.41, 5.74) is 6.15. The van der Waals surface area contributed by atoms with Crippen molar-refractivity contribution in [3.63, 3.8) is 0 Å². The smallest absolute Gasteiger partial charge is 0.303 e. The minimum atomic E-state index is -2.13. The van der Waals surface area contributed by atoms with Crippen LogP contribution in [0.1, 0.15) is 12.0 Å². The maximum Gasteiger partial charge on any atom is 0.303 e. The van der Waals surface area contributed by atoms with Gasteiger partial charge in [0.05, 0.1) is 0 Å². The van der Waals surface area contributed by atoms with Gasteiger partial charge in [-0.15, -0.1) is 0 Å². The molecule has 0 radical (unpaired) electrons. The van der Waals surface area contributed by atoms with E-state index in [9.17, 15) is 9.36 Å². The average molecular weight is 213 g/mol. The molecule has 5 heteroatoms. The Hall–Kier alpha value is -1.12. The fraction of sp³-hybridized carbons (Fsp3) is 0.222. The van der Waals surface area contributed by atoms with Gasteiger partial charge in [0.1, 0.15) is 0 Å². The normalized spacial score (nSPS) is 12.4. The molecule has 0 aliphatic rings. The quantitative estimate of drug-likeness (QED) is 0.723. The number of carboxylic acid groups (broad SMARTS) is 1. The van der Waals surface area contributed by atoms with Crippen molar-refractivity contribution < 1.29 is 14.5 Å². The first-order valence-corrected chi connectivity index (χ1v) is 5.68. The summed E-state index contributed by atoms with van der Waals surface area (Å²) in [5, 5.41) is 9.07. The van der Waals surface area contributed by atoms with Crippen LogP contribution in [0.3, 0.4) is 0 Å². The zero-order chi connectivity index (χ0) is 10.6. The van der Waals surface area contributed by atoms with Gasteiger partial charge in [0.15, 0.2) is 7.95 Å². The van der Waals surface area contributed by atoms with E-state index in [0.29, 0.717) is 11.7 Å². The molecule has 0 amide bonds. The lowest BCUT2D eigenvalue weighted by Crippen LogP contribution is -2.02. The van der Waals surface area contributed by atoms with Gasteiger partial charge in [0.2, 0.25) is 0 Å². The first-order valence-electron chi connectivity index (χ1n) is 4.20. The van der Waals surface area contributed by atoms with Gasteiger partial charge in [0.25, 0.3) is 0 Å². The van der Waals surface area contributed by atoms with Crippen LogP contribution in [0.25, 0.3) is 0 Å². The summed E-state index contributed by atoms with van der Waals surface area (Å²) in [4.78, 5) is 10.3. The first kappa shape index (κ1) is 11.0. The lowest BCUT2D eigenvalue weighted by molar-refractivity contribution is -0.136. The van der Waals surface area contributed by atoms with Crippen molar-refractivity contribution in [2.24, 2.45) is 5.50 Å². The van der Waals surface area contributed by atoms with Gasteiger partial charge in [0, 0.05) is 11.7 Å². The number of aliphatic carboxylic acids is 1. The van der Waals surface area contributed by atoms with Gasteiger partial charge in [-0.2, -0.15) is 0 Å². The summed E-state index contributed by atoms with van der Waals surface area (Å²) in [6.45, 7) is 0. The summed E-state index contributed by atoms with van der Waals surface area (Å²) in [6.07, 6.45) is 0.596. The second kappa shape index (κ2) is 4.94. The molecule has 4 nitrogen and oxygen atoms in total. The number of aryl methyl sites for hydroxylation is 1. The molecule has 0 aliphatic heterocycles. The number of carbonyl (C=O) groups is 1. The van der Waals surface area contributed by atoms with Crippen LogP contribution < -0.4 is 10.8 Å². The van der Waals surface area contributed by atoms with Crippen LogP contribution in [0, 0.1) is 0 Å². The third-order valence-corrected chi connectivity index (χ3v) is 2.77. The number of rotatable bonds is 4. The third-order valence-electron chi connectivity index (χ3n) is 1.87. The molecule has 1 atom stereocenters. The summed E-state index contributed by atoms with van der Waals surface area (Å²) >= 11 is 0. The highest BCUT2D eigenvalue weighted by Crippen LogP contribution is 2.10. The van der Waals surface area contributed by atoms with Gasteiger partial charge < -0.3 is 9.67 Å². The van der Waals surface area contributed by atoms with Crippen LogP contribution in [0.5, 0.6) is 0 Å². The Labute approximate surface area is 82.6 Å². The van der Waals surface area contributed by atoms with Crippen molar-refractivity contribution in [3.05, 3.63) is 29.8 Å². The van der Waals surface area contributed by atoms with E-state index in [4.69, 9.17) is 10.6 Å². The van der Waals surface area contributed by atoms with Crippen LogP contribution in [0.15, 0.2) is 24.3 Å². The number of carboxylic acids is 1. The molecular formula is C9H12NO3P. The van der Waals surface area contributed by atoms with Crippen molar-refractivity contribution in [1.82, 2.24) is 0 Å². The molecule has 1 unspecified atom stereocenters. The number of nitrogens with two attached hydrogens (primary N) is 1. The fourth-order valence-electron chi connectivity index (χ4n) is 1.09. The topological polar surface area (TPSA) is 80.4 Å². The lowest BCUT2D eigenvalue weighted by Gasteiger charge is -2.00.